The third-order valence-corrected chi connectivity index (χ3v) is 6.64. The van der Waals surface area contributed by atoms with Crippen molar-refractivity contribution in [1.82, 2.24) is 15.2 Å². The molecule has 25 heavy (non-hydrogen) atoms. The summed E-state index contributed by atoms with van der Waals surface area (Å²) in [4.78, 5) is 15.6. The molecule has 10 heteroatoms. The highest BCUT2D eigenvalue weighted by atomic mass is 35.5. The van der Waals surface area contributed by atoms with Gasteiger partial charge in [0.2, 0.25) is 15.6 Å². The van der Waals surface area contributed by atoms with Gasteiger partial charge in [0, 0.05) is 22.0 Å². The van der Waals surface area contributed by atoms with Gasteiger partial charge < -0.3 is 5.11 Å². The van der Waals surface area contributed by atoms with Gasteiger partial charge in [-0.25, -0.2) is 13.4 Å². The average Bonchev–Trinajstić information content (AvgIpc) is 3.27. The van der Waals surface area contributed by atoms with E-state index in [4.69, 9.17) is 11.6 Å². The monoisotopic (exact) mass is 395 g/mol. The summed E-state index contributed by atoms with van der Waals surface area (Å²) < 4.78 is 25.2. The Bertz CT molecular complexity index is 1040. The second kappa shape index (κ2) is 6.79. The van der Waals surface area contributed by atoms with E-state index in [0.29, 0.717) is 5.02 Å². The average molecular weight is 396 g/mol. The predicted octanol–water partition coefficient (Wildman–Crippen LogP) is 3.13. The van der Waals surface area contributed by atoms with E-state index in [1.807, 2.05) is 0 Å². The molecule has 0 radical (unpaired) electrons. The van der Waals surface area contributed by atoms with Crippen LogP contribution in [0.5, 0.6) is 0 Å². The number of hydrogen-bond acceptors (Lipinski definition) is 7. The van der Waals surface area contributed by atoms with E-state index in [-0.39, 0.29) is 26.3 Å². The smallest absolute Gasteiger partial charge is 0.226 e. The zero-order valence-corrected chi connectivity index (χ0v) is 14.8. The fourth-order valence-corrected chi connectivity index (χ4v) is 4.62. The van der Waals surface area contributed by atoms with Crippen LogP contribution < -0.4 is 0 Å². The Morgan fingerprint density at radius 1 is 1.28 bits per heavy atom. The Labute approximate surface area is 151 Å². The summed E-state index contributed by atoms with van der Waals surface area (Å²) in [6.45, 7) is 0. The first kappa shape index (κ1) is 17.3. The van der Waals surface area contributed by atoms with Crippen LogP contribution in [0.15, 0.2) is 57.2 Å². The Kier molecular flexibility index (Phi) is 4.71. The molecule has 7 nitrogen and oxygen atoms in total. The van der Waals surface area contributed by atoms with Crippen molar-refractivity contribution in [3.8, 4) is 0 Å². The molecule has 1 aromatic carbocycles. The first-order chi connectivity index (χ1) is 11.9. The molecule has 2 heterocycles. The maximum atomic E-state index is 12.6. The molecule has 3 rings (SSSR count). The van der Waals surface area contributed by atoms with Crippen molar-refractivity contribution in [1.29, 1.82) is 0 Å². The van der Waals surface area contributed by atoms with Crippen molar-refractivity contribution in [2.24, 2.45) is 0 Å². The Morgan fingerprint density at radius 2 is 2.00 bits per heavy atom. The van der Waals surface area contributed by atoms with Gasteiger partial charge in [-0.3, -0.25) is 9.89 Å². The molecule has 0 bridgehead atoms. The molecule has 0 saturated heterocycles. The van der Waals surface area contributed by atoms with Crippen LogP contribution in [0, 0.1) is 0 Å². The summed E-state index contributed by atoms with van der Waals surface area (Å²) in [5, 5.41) is 17.8. The highest BCUT2D eigenvalue weighted by Gasteiger charge is 2.21. The number of aromatic amines is 1. The van der Waals surface area contributed by atoms with Crippen LogP contribution in [0.4, 0.5) is 0 Å². The van der Waals surface area contributed by atoms with Crippen LogP contribution in [-0.2, 0) is 9.84 Å². The molecule has 0 aliphatic carbocycles. The van der Waals surface area contributed by atoms with Crippen molar-refractivity contribution in [2.75, 3.05) is 0 Å². The lowest BCUT2D eigenvalue weighted by Gasteiger charge is -2.01. The number of benzene rings is 1. The molecule has 0 saturated carbocycles. The second-order valence-corrected chi connectivity index (χ2v) is 8.36. The number of nitrogens with one attached hydrogen (secondary N) is 1. The van der Waals surface area contributed by atoms with Gasteiger partial charge in [0.25, 0.3) is 0 Å². The van der Waals surface area contributed by atoms with Gasteiger partial charge in [-0.1, -0.05) is 11.6 Å². The number of H-pyrrole nitrogens is 1. The summed E-state index contributed by atoms with van der Waals surface area (Å²) in [5.41, 5.74) is 0.213. The number of allylic oxidation sites excluding steroid dienone is 1. The molecule has 3 aromatic rings. The van der Waals surface area contributed by atoms with E-state index >= 15 is 0 Å². The SMILES string of the molecule is O=C(C=C(O)c1csc(S(=O)(=O)c2ccc(Cl)cc2)c1)c1ncn[nH]1. The largest absolute Gasteiger partial charge is 0.507 e. The highest BCUT2D eigenvalue weighted by molar-refractivity contribution is 7.93. The second-order valence-electron chi connectivity index (χ2n) is 4.84. The van der Waals surface area contributed by atoms with E-state index in [2.05, 4.69) is 15.2 Å². The number of thiophene rings is 1. The summed E-state index contributed by atoms with van der Waals surface area (Å²) in [6.07, 6.45) is 2.11. The molecule has 2 N–H and O–H groups in total. The Morgan fingerprint density at radius 3 is 2.64 bits per heavy atom. The zero-order chi connectivity index (χ0) is 18.0. The van der Waals surface area contributed by atoms with Gasteiger partial charge in [0.05, 0.1) is 4.90 Å². The van der Waals surface area contributed by atoms with Gasteiger partial charge in [-0.2, -0.15) is 5.10 Å². The zero-order valence-electron chi connectivity index (χ0n) is 12.4. The van der Waals surface area contributed by atoms with Gasteiger partial charge in [-0.15, -0.1) is 11.3 Å². The molecule has 0 atom stereocenters. The molecular formula is C15H10ClN3O4S2. The van der Waals surface area contributed by atoms with Gasteiger partial charge in [0.15, 0.2) is 5.82 Å². The maximum Gasteiger partial charge on any atom is 0.226 e. The molecule has 0 fully saturated rings. The minimum Gasteiger partial charge on any atom is -0.507 e. The molecule has 2 aromatic heterocycles. The molecule has 0 unspecified atom stereocenters. The summed E-state index contributed by atoms with van der Waals surface area (Å²) in [7, 11) is -3.73. The van der Waals surface area contributed by atoms with Crippen molar-refractivity contribution in [2.45, 2.75) is 9.10 Å². The maximum absolute atomic E-state index is 12.6. The first-order valence-electron chi connectivity index (χ1n) is 6.78. The van der Waals surface area contributed by atoms with E-state index in [1.165, 1.54) is 42.0 Å². The third kappa shape index (κ3) is 3.63. The van der Waals surface area contributed by atoms with Crippen molar-refractivity contribution < 1.29 is 18.3 Å². The molecular weight excluding hydrogens is 386 g/mol. The lowest BCUT2D eigenvalue weighted by Crippen LogP contribution is -2.00. The fourth-order valence-electron chi connectivity index (χ4n) is 1.92. The van der Waals surface area contributed by atoms with Crippen LogP contribution in [-0.4, -0.2) is 34.5 Å². The number of carbonyl (C=O) groups excluding carboxylic acids is 1. The van der Waals surface area contributed by atoms with Crippen LogP contribution >= 0.6 is 22.9 Å². The van der Waals surface area contributed by atoms with Crippen LogP contribution in [0.1, 0.15) is 16.2 Å². The number of ketones is 1. The topological polar surface area (TPSA) is 113 Å². The number of hydrogen-bond donors (Lipinski definition) is 2. The Balaban J connectivity index is 1.89. The minimum absolute atomic E-state index is 0.0317. The summed E-state index contributed by atoms with van der Waals surface area (Å²) >= 11 is 6.71. The normalized spacial score (nSPS) is 12.3. The number of halogens is 1. The van der Waals surface area contributed by atoms with E-state index in [9.17, 15) is 18.3 Å². The predicted molar refractivity (Wildman–Crippen MR) is 92.5 cm³/mol. The molecule has 0 aliphatic heterocycles. The molecule has 0 aliphatic rings. The number of sulfone groups is 1. The molecule has 0 spiro atoms. The van der Waals surface area contributed by atoms with Crippen LogP contribution in [0.2, 0.25) is 5.02 Å². The number of carbonyl (C=O) groups is 1. The third-order valence-electron chi connectivity index (χ3n) is 3.18. The highest BCUT2D eigenvalue weighted by Crippen LogP contribution is 2.30. The number of nitrogens with zero attached hydrogens (tertiary/aromatic N) is 2. The van der Waals surface area contributed by atoms with Gasteiger partial charge >= 0.3 is 0 Å². The van der Waals surface area contributed by atoms with Crippen LogP contribution in [0.25, 0.3) is 5.76 Å². The Hall–Kier alpha value is -2.49. The number of aliphatic hydroxyl groups excluding tert-OH is 1. The summed E-state index contributed by atoms with van der Waals surface area (Å²) in [6, 6.07) is 7.07. The van der Waals surface area contributed by atoms with Crippen molar-refractivity contribution in [3.05, 3.63) is 64.5 Å². The van der Waals surface area contributed by atoms with Gasteiger partial charge in [-0.05, 0) is 30.3 Å². The van der Waals surface area contributed by atoms with Crippen molar-refractivity contribution >= 4 is 44.3 Å². The van der Waals surface area contributed by atoms with Crippen LogP contribution in [0.3, 0.4) is 0 Å². The lowest BCUT2D eigenvalue weighted by atomic mass is 10.2. The number of aliphatic hydroxyl groups is 1. The quantitative estimate of drug-likeness (QED) is 0.390. The molecule has 0 amide bonds. The number of rotatable bonds is 5. The fraction of sp³-hybridized carbons (Fsp3) is 0. The van der Waals surface area contributed by atoms with Crippen molar-refractivity contribution in [3.63, 3.8) is 0 Å². The standard InChI is InChI=1S/C15H10ClN3O4S2/c16-10-1-3-11(4-2-10)25(22,23)14-5-9(7-24-14)12(20)6-13(21)15-17-8-18-19-15/h1-8,20H,(H,17,18,19). The van der Waals surface area contributed by atoms with E-state index in [1.54, 1.807) is 0 Å². The summed E-state index contributed by atoms with van der Waals surface area (Å²) in [5.74, 6) is -0.977. The van der Waals surface area contributed by atoms with E-state index in [0.717, 1.165) is 17.4 Å². The minimum atomic E-state index is -3.73. The van der Waals surface area contributed by atoms with E-state index < -0.39 is 15.6 Å². The number of aromatic nitrogens is 3. The lowest BCUT2D eigenvalue weighted by molar-refractivity contribution is 0.103. The molecule has 128 valence electrons. The van der Waals surface area contributed by atoms with Gasteiger partial charge in [0.1, 0.15) is 16.3 Å². The first-order valence-corrected chi connectivity index (χ1v) is 9.52.